The molecule has 2 rings (SSSR count). The predicted octanol–water partition coefficient (Wildman–Crippen LogP) is 2.05. The topological polar surface area (TPSA) is 55.6 Å². The summed E-state index contributed by atoms with van der Waals surface area (Å²) in [4.78, 5) is 14.0. The second-order valence-electron chi connectivity index (χ2n) is 4.70. The highest BCUT2D eigenvalue weighted by atomic mass is 19.1. The van der Waals surface area contributed by atoms with Crippen LogP contribution < -0.4 is 5.73 Å². The van der Waals surface area contributed by atoms with Crippen LogP contribution >= 0.6 is 0 Å². The van der Waals surface area contributed by atoms with E-state index in [1.54, 1.807) is 4.90 Å². The fourth-order valence-electron chi connectivity index (χ4n) is 2.38. The zero-order chi connectivity index (χ0) is 13.8. The number of benzene rings is 1. The van der Waals surface area contributed by atoms with Gasteiger partial charge in [0.05, 0.1) is 11.7 Å². The number of halogens is 1. The van der Waals surface area contributed by atoms with Gasteiger partial charge in [-0.15, -0.1) is 0 Å². The maximum absolute atomic E-state index is 13.2. The normalized spacial score (nSPS) is 19.5. The Morgan fingerprint density at radius 3 is 3.11 bits per heavy atom. The highest BCUT2D eigenvalue weighted by molar-refractivity contribution is 5.99. The van der Waals surface area contributed by atoms with Gasteiger partial charge in [0.15, 0.2) is 0 Å². The summed E-state index contributed by atoms with van der Waals surface area (Å²) < 4.78 is 18.8. The maximum atomic E-state index is 13.2. The van der Waals surface area contributed by atoms with E-state index >= 15 is 0 Å². The smallest absolute Gasteiger partial charge is 0.256 e. The largest absolute Gasteiger partial charge is 0.398 e. The minimum atomic E-state index is -0.448. The van der Waals surface area contributed by atoms with Gasteiger partial charge in [-0.3, -0.25) is 4.79 Å². The molecule has 1 aromatic rings. The van der Waals surface area contributed by atoms with Crippen LogP contribution in [0.25, 0.3) is 0 Å². The van der Waals surface area contributed by atoms with Crippen LogP contribution in [0.3, 0.4) is 0 Å². The zero-order valence-electron chi connectivity index (χ0n) is 11.1. The number of hydrogen-bond donors (Lipinski definition) is 1. The van der Waals surface area contributed by atoms with Gasteiger partial charge < -0.3 is 15.4 Å². The van der Waals surface area contributed by atoms with Crippen molar-refractivity contribution in [2.75, 3.05) is 25.4 Å². The van der Waals surface area contributed by atoms with E-state index in [4.69, 9.17) is 10.5 Å². The predicted molar refractivity (Wildman–Crippen MR) is 71.4 cm³/mol. The van der Waals surface area contributed by atoms with Gasteiger partial charge in [-0.05, 0) is 38.0 Å². The number of carbonyl (C=O) groups is 1. The molecule has 0 saturated carbocycles. The van der Waals surface area contributed by atoms with E-state index in [9.17, 15) is 9.18 Å². The molecule has 5 heteroatoms. The molecule has 1 saturated heterocycles. The average molecular weight is 266 g/mol. The quantitative estimate of drug-likeness (QED) is 0.852. The van der Waals surface area contributed by atoms with E-state index in [1.165, 1.54) is 18.2 Å². The summed E-state index contributed by atoms with van der Waals surface area (Å²) in [5, 5.41) is 0. The molecule has 0 aliphatic carbocycles. The third-order valence-electron chi connectivity index (χ3n) is 3.31. The lowest BCUT2D eigenvalue weighted by Crippen LogP contribution is -2.43. The molecule has 0 radical (unpaired) electrons. The van der Waals surface area contributed by atoms with Gasteiger partial charge in [-0.25, -0.2) is 4.39 Å². The van der Waals surface area contributed by atoms with E-state index in [-0.39, 0.29) is 17.6 Å². The number of nitrogen functional groups attached to an aromatic ring is 1. The molecule has 0 aromatic heterocycles. The highest BCUT2D eigenvalue weighted by Crippen LogP contribution is 2.20. The van der Waals surface area contributed by atoms with Gasteiger partial charge in [-0.1, -0.05) is 0 Å². The Balaban J connectivity index is 2.12. The third-order valence-corrected chi connectivity index (χ3v) is 3.31. The Bertz CT molecular complexity index is 463. The van der Waals surface area contributed by atoms with Gasteiger partial charge in [0.1, 0.15) is 5.82 Å². The number of hydrogen-bond acceptors (Lipinski definition) is 3. The second-order valence-corrected chi connectivity index (χ2v) is 4.70. The number of rotatable bonds is 3. The first-order valence-corrected chi connectivity index (χ1v) is 6.57. The molecule has 1 aliphatic rings. The lowest BCUT2D eigenvalue weighted by atomic mass is 10.1. The van der Waals surface area contributed by atoms with Crippen molar-refractivity contribution in [3.8, 4) is 0 Å². The van der Waals surface area contributed by atoms with Crippen LogP contribution in [-0.2, 0) is 4.74 Å². The molecule has 1 fully saturated rings. The average Bonchev–Trinajstić information content (AvgIpc) is 2.41. The Kier molecular flexibility index (Phi) is 4.37. The fourth-order valence-corrected chi connectivity index (χ4v) is 2.38. The van der Waals surface area contributed by atoms with Crippen molar-refractivity contribution in [1.29, 1.82) is 0 Å². The molecular formula is C14H19FN2O2. The summed E-state index contributed by atoms with van der Waals surface area (Å²) in [6.07, 6.45) is 1.92. The molecule has 0 spiro atoms. The van der Waals surface area contributed by atoms with E-state index in [0.717, 1.165) is 12.8 Å². The summed E-state index contributed by atoms with van der Waals surface area (Å²) in [7, 11) is 0. The summed E-state index contributed by atoms with van der Waals surface area (Å²) >= 11 is 0. The third kappa shape index (κ3) is 3.23. The van der Waals surface area contributed by atoms with Crippen molar-refractivity contribution in [3.05, 3.63) is 29.6 Å². The lowest BCUT2D eigenvalue weighted by molar-refractivity contribution is 0.00727. The number of nitrogens with zero attached hydrogens (tertiary/aromatic N) is 1. The summed E-state index contributed by atoms with van der Waals surface area (Å²) in [5.74, 6) is -0.669. The van der Waals surface area contributed by atoms with Crippen LogP contribution in [0.2, 0.25) is 0 Å². The number of carbonyl (C=O) groups excluding carboxylic acids is 1. The van der Waals surface area contributed by atoms with Crippen LogP contribution in [0, 0.1) is 5.82 Å². The van der Waals surface area contributed by atoms with Gasteiger partial charge in [0, 0.05) is 25.4 Å². The molecule has 0 bridgehead atoms. The van der Waals surface area contributed by atoms with Crippen molar-refractivity contribution < 1.29 is 13.9 Å². The van der Waals surface area contributed by atoms with Crippen LogP contribution in [0.1, 0.15) is 30.1 Å². The number of amides is 1. The minimum absolute atomic E-state index is 0.0671. The standard InChI is InChI=1S/C14H19FN2O2/c1-2-19-11-4-3-7-17(9-11)14(18)12-8-10(15)5-6-13(12)16/h5-6,8,11H,2-4,7,9,16H2,1H3. The molecule has 1 unspecified atom stereocenters. The Morgan fingerprint density at radius 1 is 1.58 bits per heavy atom. The Labute approximate surface area is 112 Å². The minimum Gasteiger partial charge on any atom is -0.398 e. The zero-order valence-corrected chi connectivity index (χ0v) is 11.1. The van der Waals surface area contributed by atoms with E-state index in [0.29, 0.717) is 25.4 Å². The number of likely N-dealkylation sites (tertiary alicyclic amines) is 1. The van der Waals surface area contributed by atoms with Gasteiger partial charge >= 0.3 is 0 Å². The monoisotopic (exact) mass is 266 g/mol. The first kappa shape index (κ1) is 13.8. The SMILES string of the molecule is CCOC1CCCN(C(=O)c2cc(F)ccc2N)C1. The van der Waals surface area contributed by atoms with E-state index in [1.807, 2.05) is 6.92 Å². The van der Waals surface area contributed by atoms with Gasteiger partial charge in [-0.2, -0.15) is 0 Å². The van der Waals surface area contributed by atoms with Crippen molar-refractivity contribution in [1.82, 2.24) is 4.90 Å². The molecule has 1 heterocycles. The number of ether oxygens (including phenoxy) is 1. The van der Waals surface area contributed by atoms with Crippen molar-refractivity contribution in [3.63, 3.8) is 0 Å². The van der Waals surface area contributed by atoms with Gasteiger partial charge in [0.25, 0.3) is 5.91 Å². The molecule has 1 aromatic carbocycles. The number of piperidine rings is 1. The van der Waals surface area contributed by atoms with Crippen LogP contribution in [-0.4, -0.2) is 36.6 Å². The highest BCUT2D eigenvalue weighted by Gasteiger charge is 2.25. The van der Waals surface area contributed by atoms with Crippen molar-refractivity contribution in [2.45, 2.75) is 25.9 Å². The van der Waals surface area contributed by atoms with E-state index < -0.39 is 5.82 Å². The molecule has 4 nitrogen and oxygen atoms in total. The van der Waals surface area contributed by atoms with Crippen molar-refractivity contribution >= 4 is 11.6 Å². The molecule has 2 N–H and O–H groups in total. The molecule has 1 aliphatic heterocycles. The van der Waals surface area contributed by atoms with E-state index in [2.05, 4.69) is 0 Å². The Hall–Kier alpha value is -1.62. The molecule has 19 heavy (non-hydrogen) atoms. The summed E-state index contributed by atoms with van der Waals surface area (Å²) in [6, 6.07) is 3.87. The van der Waals surface area contributed by atoms with Gasteiger partial charge in [0.2, 0.25) is 0 Å². The van der Waals surface area contributed by atoms with Crippen LogP contribution in [0.5, 0.6) is 0 Å². The number of nitrogens with two attached hydrogens (primary N) is 1. The molecule has 104 valence electrons. The molecule has 1 amide bonds. The summed E-state index contributed by atoms with van der Waals surface area (Å²) in [5.41, 5.74) is 6.29. The fraction of sp³-hybridized carbons (Fsp3) is 0.500. The lowest BCUT2D eigenvalue weighted by Gasteiger charge is -2.32. The maximum Gasteiger partial charge on any atom is 0.256 e. The number of anilines is 1. The van der Waals surface area contributed by atoms with Crippen molar-refractivity contribution in [2.24, 2.45) is 0 Å². The summed E-state index contributed by atoms with van der Waals surface area (Å²) in [6.45, 7) is 3.78. The Morgan fingerprint density at radius 2 is 2.37 bits per heavy atom. The van der Waals surface area contributed by atoms with Crippen LogP contribution in [0.4, 0.5) is 10.1 Å². The van der Waals surface area contributed by atoms with Crippen LogP contribution in [0.15, 0.2) is 18.2 Å². The second kappa shape index (κ2) is 6.02. The first-order chi connectivity index (χ1) is 9.11. The molecular weight excluding hydrogens is 247 g/mol. The first-order valence-electron chi connectivity index (χ1n) is 6.57. The molecule has 1 atom stereocenters.